The summed E-state index contributed by atoms with van der Waals surface area (Å²) in [6, 6.07) is 14.0. The number of nitrogens with zero attached hydrogens (tertiary/aromatic N) is 3. The van der Waals surface area contributed by atoms with Crippen LogP contribution >= 0.6 is 0 Å². The molecule has 1 aliphatic rings. The standard InChI is InChI=1S/C22H25N3O4/c1-25(14-21-28-9-10-29-21)22-16-12-18(26-2)19(27-3)13-17(16)23-20(24-22)11-15-7-5-4-6-8-15/h4-8,12-13,21H,9-11,14H2,1-3H3. The van der Waals surface area contributed by atoms with Gasteiger partial charge in [-0.1, -0.05) is 30.3 Å². The lowest BCUT2D eigenvalue weighted by atomic mass is 10.1. The molecule has 1 aliphatic heterocycles. The maximum Gasteiger partial charge on any atom is 0.175 e. The Labute approximate surface area is 170 Å². The van der Waals surface area contributed by atoms with Gasteiger partial charge in [-0.2, -0.15) is 0 Å². The number of hydrogen-bond donors (Lipinski definition) is 0. The quantitative estimate of drug-likeness (QED) is 0.609. The fourth-order valence-corrected chi connectivity index (χ4v) is 3.46. The third-order valence-electron chi connectivity index (χ3n) is 4.91. The Bertz CT molecular complexity index is 975. The third kappa shape index (κ3) is 4.26. The summed E-state index contributed by atoms with van der Waals surface area (Å²) in [6.45, 7) is 1.81. The molecule has 0 N–H and O–H groups in total. The van der Waals surface area contributed by atoms with Crippen molar-refractivity contribution >= 4 is 16.7 Å². The van der Waals surface area contributed by atoms with Crippen LogP contribution in [0.1, 0.15) is 11.4 Å². The maximum absolute atomic E-state index is 5.61. The Hall–Kier alpha value is -2.90. The van der Waals surface area contributed by atoms with Crippen molar-refractivity contribution in [2.45, 2.75) is 12.7 Å². The Balaban J connectivity index is 1.77. The lowest BCUT2D eigenvalue weighted by molar-refractivity contribution is -0.0336. The van der Waals surface area contributed by atoms with E-state index in [2.05, 4.69) is 12.1 Å². The van der Waals surface area contributed by atoms with Gasteiger partial charge in [0.25, 0.3) is 0 Å². The van der Waals surface area contributed by atoms with E-state index < -0.39 is 0 Å². The van der Waals surface area contributed by atoms with Crippen LogP contribution in [-0.4, -0.2) is 57.3 Å². The first-order valence-corrected chi connectivity index (χ1v) is 9.59. The van der Waals surface area contributed by atoms with E-state index in [9.17, 15) is 0 Å². The zero-order chi connectivity index (χ0) is 20.2. The van der Waals surface area contributed by atoms with Gasteiger partial charge in [-0.05, 0) is 11.6 Å². The first kappa shape index (κ1) is 19.4. The number of benzene rings is 2. The minimum Gasteiger partial charge on any atom is -0.493 e. The Kier molecular flexibility index (Phi) is 5.78. The molecule has 1 aromatic heterocycles. The molecule has 0 saturated carbocycles. The topological polar surface area (TPSA) is 65.9 Å². The molecular weight excluding hydrogens is 370 g/mol. The first-order chi connectivity index (χ1) is 14.2. The lowest BCUT2D eigenvalue weighted by Gasteiger charge is -2.23. The highest BCUT2D eigenvalue weighted by atomic mass is 16.7. The second kappa shape index (κ2) is 8.63. The lowest BCUT2D eigenvalue weighted by Crippen LogP contribution is -2.30. The molecule has 7 nitrogen and oxygen atoms in total. The summed E-state index contributed by atoms with van der Waals surface area (Å²) in [5, 5.41) is 0.889. The molecule has 2 heterocycles. The molecule has 0 amide bonds. The predicted octanol–water partition coefficient (Wildman–Crippen LogP) is 3.05. The van der Waals surface area contributed by atoms with Gasteiger partial charge in [-0.15, -0.1) is 0 Å². The molecule has 29 heavy (non-hydrogen) atoms. The molecule has 0 spiro atoms. The number of ether oxygens (including phenoxy) is 4. The van der Waals surface area contributed by atoms with Crippen LogP contribution in [0.25, 0.3) is 10.9 Å². The van der Waals surface area contributed by atoms with Crippen molar-refractivity contribution in [1.29, 1.82) is 0 Å². The number of fused-ring (bicyclic) bond motifs is 1. The second-order valence-corrected chi connectivity index (χ2v) is 6.90. The van der Waals surface area contributed by atoms with E-state index in [1.165, 1.54) is 0 Å². The molecule has 0 bridgehead atoms. The zero-order valence-corrected chi connectivity index (χ0v) is 16.9. The van der Waals surface area contributed by atoms with Crippen LogP contribution in [0, 0.1) is 0 Å². The van der Waals surface area contributed by atoms with E-state index in [0.29, 0.717) is 37.7 Å². The number of aromatic nitrogens is 2. The Morgan fingerprint density at radius 3 is 2.38 bits per heavy atom. The number of anilines is 1. The summed E-state index contributed by atoms with van der Waals surface area (Å²) in [5.41, 5.74) is 1.96. The van der Waals surface area contributed by atoms with Crippen molar-refractivity contribution < 1.29 is 18.9 Å². The van der Waals surface area contributed by atoms with Crippen LogP contribution in [-0.2, 0) is 15.9 Å². The summed E-state index contributed by atoms with van der Waals surface area (Å²) in [6.07, 6.45) is 0.380. The number of likely N-dealkylation sites (N-methyl/N-ethyl adjacent to an activating group) is 1. The highest BCUT2D eigenvalue weighted by Crippen LogP contribution is 2.35. The molecule has 0 radical (unpaired) electrons. The molecule has 152 valence electrons. The van der Waals surface area contributed by atoms with E-state index >= 15 is 0 Å². The minimum atomic E-state index is -0.261. The van der Waals surface area contributed by atoms with E-state index in [-0.39, 0.29) is 6.29 Å². The van der Waals surface area contributed by atoms with E-state index in [1.807, 2.05) is 42.3 Å². The van der Waals surface area contributed by atoms with Crippen LogP contribution in [0.2, 0.25) is 0 Å². The number of methoxy groups -OCH3 is 2. The summed E-state index contributed by atoms with van der Waals surface area (Å²) in [4.78, 5) is 11.7. The van der Waals surface area contributed by atoms with Gasteiger partial charge in [-0.25, -0.2) is 9.97 Å². The van der Waals surface area contributed by atoms with Crippen LogP contribution in [0.5, 0.6) is 11.5 Å². The van der Waals surface area contributed by atoms with Gasteiger partial charge in [0.15, 0.2) is 17.8 Å². The van der Waals surface area contributed by atoms with Crippen molar-refractivity contribution in [2.75, 3.05) is 45.9 Å². The Morgan fingerprint density at radius 1 is 1.00 bits per heavy atom. The summed E-state index contributed by atoms with van der Waals surface area (Å²) >= 11 is 0. The van der Waals surface area contributed by atoms with E-state index in [0.717, 1.165) is 28.1 Å². The number of rotatable bonds is 7. The summed E-state index contributed by atoms with van der Waals surface area (Å²) in [7, 11) is 5.23. The van der Waals surface area contributed by atoms with Crippen LogP contribution in [0.3, 0.4) is 0 Å². The second-order valence-electron chi connectivity index (χ2n) is 6.90. The fraction of sp³-hybridized carbons (Fsp3) is 0.364. The molecule has 2 aromatic carbocycles. The molecular formula is C22H25N3O4. The van der Waals surface area contributed by atoms with Crippen molar-refractivity contribution in [3.05, 3.63) is 53.9 Å². The molecule has 3 aromatic rings. The summed E-state index contributed by atoms with van der Waals surface area (Å²) in [5.74, 6) is 2.83. The molecule has 7 heteroatoms. The smallest absolute Gasteiger partial charge is 0.175 e. The fourth-order valence-electron chi connectivity index (χ4n) is 3.46. The first-order valence-electron chi connectivity index (χ1n) is 9.59. The molecule has 1 saturated heterocycles. The molecule has 1 fully saturated rings. The van der Waals surface area contributed by atoms with E-state index in [1.54, 1.807) is 14.2 Å². The normalized spacial score (nSPS) is 14.3. The predicted molar refractivity (Wildman–Crippen MR) is 111 cm³/mol. The molecule has 0 aliphatic carbocycles. The van der Waals surface area contributed by atoms with Crippen LogP contribution < -0.4 is 14.4 Å². The van der Waals surface area contributed by atoms with Gasteiger partial charge in [0.05, 0.1) is 39.5 Å². The van der Waals surface area contributed by atoms with Gasteiger partial charge in [0.2, 0.25) is 0 Å². The highest BCUT2D eigenvalue weighted by molar-refractivity contribution is 5.92. The van der Waals surface area contributed by atoms with Crippen molar-refractivity contribution in [1.82, 2.24) is 9.97 Å². The monoisotopic (exact) mass is 395 g/mol. The molecule has 0 unspecified atom stereocenters. The van der Waals surface area contributed by atoms with Crippen molar-refractivity contribution in [3.63, 3.8) is 0 Å². The molecule has 4 rings (SSSR count). The average Bonchev–Trinajstić information content (AvgIpc) is 3.25. The largest absolute Gasteiger partial charge is 0.493 e. The van der Waals surface area contributed by atoms with Gasteiger partial charge in [0.1, 0.15) is 11.6 Å². The molecule has 0 atom stereocenters. The average molecular weight is 395 g/mol. The van der Waals surface area contributed by atoms with Crippen LogP contribution in [0.4, 0.5) is 5.82 Å². The van der Waals surface area contributed by atoms with E-state index in [4.69, 9.17) is 28.9 Å². The van der Waals surface area contributed by atoms with Gasteiger partial charge < -0.3 is 23.8 Å². The number of hydrogen-bond acceptors (Lipinski definition) is 7. The summed E-state index contributed by atoms with van der Waals surface area (Å²) < 4.78 is 22.2. The SMILES string of the molecule is COc1cc2nc(Cc3ccccc3)nc(N(C)CC3OCCO3)c2cc1OC. The maximum atomic E-state index is 5.61. The Morgan fingerprint density at radius 2 is 1.69 bits per heavy atom. The van der Waals surface area contributed by atoms with Crippen molar-refractivity contribution in [2.24, 2.45) is 0 Å². The van der Waals surface area contributed by atoms with Gasteiger partial charge in [0, 0.05) is 24.9 Å². The third-order valence-corrected chi connectivity index (χ3v) is 4.91. The van der Waals surface area contributed by atoms with Crippen molar-refractivity contribution in [3.8, 4) is 11.5 Å². The zero-order valence-electron chi connectivity index (χ0n) is 16.9. The van der Waals surface area contributed by atoms with Gasteiger partial charge >= 0.3 is 0 Å². The van der Waals surface area contributed by atoms with Crippen LogP contribution in [0.15, 0.2) is 42.5 Å². The highest BCUT2D eigenvalue weighted by Gasteiger charge is 2.21. The minimum absolute atomic E-state index is 0.261. The van der Waals surface area contributed by atoms with Gasteiger partial charge in [-0.3, -0.25) is 0 Å².